The zero-order chi connectivity index (χ0) is 28.2. The van der Waals surface area contributed by atoms with Gasteiger partial charge in [-0.3, -0.25) is 0 Å². The number of esters is 1. The molecule has 1 fully saturated rings. The van der Waals surface area contributed by atoms with Crippen molar-refractivity contribution in [3.63, 3.8) is 0 Å². The number of nitrogens with zero attached hydrogens (tertiary/aromatic N) is 1. The largest absolute Gasteiger partial charge is 0.489 e. The summed E-state index contributed by atoms with van der Waals surface area (Å²) in [4.78, 5) is 11.9. The molecule has 1 aliphatic heterocycles. The molecule has 3 aromatic carbocycles. The summed E-state index contributed by atoms with van der Waals surface area (Å²) in [5.74, 6) is 0.738. The number of rotatable bonds is 9. The molecule has 3 aromatic rings. The molecular weight excluding hydrogens is 526 g/mol. The van der Waals surface area contributed by atoms with Gasteiger partial charge in [0.15, 0.2) is 6.61 Å². The Morgan fingerprint density at radius 1 is 0.950 bits per heavy atom. The van der Waals surface area contributed by atoms with Gasteiger partial charge in [-0.25, -0.2) is 13.2 Å². The van der Waals surface area contributed by atoms with Gasteiger partial charge < -0.3 is 14.2 Å². The number of hydrogen-bond acceptors (Lipinski definition) is 6. The Morgan fingerprint density at radius 3 is 2.45 bits per heavy atom. The molecule has 40 heavy (non-hydrogen) atoms. The van der Waals surface area contributed by atoms with E-state index in [1.165, 1.54) is 12.0 Å². The molecule has 212 valence electrons. The maximum Gasteiger partial charge on any atom is 0.344 e. The number of carbonyl (C=O) groups is 1. The summed E-state index contributed by atoms with van der Waals surface area (Å²) in [7, 11) is -3.78. The van der Waals surface area contributed by atoms with Crippen LogP contribution in [0.3, 0.4) is 0 Å². The third-order valence-corrected chi connectivity index (χ3v) is 9.76. The van der Waals surface area contributed by atoms with E-state index in [1.54, 1.807) is 36.4 Å². The van der Waals surface area contributed by atoms with Crippen molar-refractivity contribution in [2.75, 3.05) is 19.8 Å². The van der Waals surface area contributed by atoms with Crippen LogP contribution in [-0.2, 0) is 38.1 Å². The van der Waals surface area contributed by atoms with Crippen molar-refractivity contribution in [1.82, 2.24) is 4.31 Å². The monoisotopic (exact) mass is 563 g/mol. The Bertz CT molecular complexity index is 1450. The maximum atomic E-state index is 14.0. The van der Waals surface area contributed by atoms with Crippen LogP contribution in [0, 0.1) is 6.92 Å². The summed E-state index contributed by atoms with van der Waals surface area (Å²) in [6, 6.07) is 21.0. The van der Waals surface area contributed by atoms with E-state index in [9.17, 15) is 13.2 Å². The molecule has 1 saturated carbocycles. The first-order chi connectivity index (χ1) is 19.3. The Labute approximate surface area is 237 Å². The van der Waals surface area contributed by atoms with Crippen molar-refractivity contribution in [3.05, 3.63) is 89.0 Å². The van der Waals surface area contributed by atoms with Gasteiger partial charge in [0.25, 0.3) is 0 Å². The van der Waals surface area contributed by atoms with Gasteiger partial charge in [0, 0.05) is 18.5 Å². The van der Waals surface area contributed by atoms with Crippen LogP contribution < -0.4 is 9.47 Å². The predicted molar refractivity (Wildman–Crippen MR) is 153 cm³/mol. The minimum absolute atomic E-state index is 0.200. The standard InChI is InChI=1S/C32H37NO6S/c1-3-37-31(34)22-39-30-15-13-28(18-24(30)2)40(35,36)33-20-26-19-27(38-21-25-10-6-4-7-11-25)12-14-29(26)32(23-33)16-8-5-9-17-32/h4,6-7,10-15,18-19H,3,5,8-9,16-17,20-23H2,1-2H3. The van der Waals surface area contributed by atoms with E-state index in [1.807, 2.05) is 42.5 Å². The first-order valence-electron chi connectivity index (χ1n) is 14.0. The number of aryl methyl sites for hydroxylation is 1. The lowest BCUT2D eigenvalue weighted by atomic mass is 9.66. The highest BCUT2D eigenvalue weighted by atomic mass is 32.2. The number of ether oxygens (including phenoxy) is 3. The number of benzene rings is 3. The molecule has 0 bridgehead atoms. The van der Waals surface area contributed by atoms with Gasteiger partial charge in [-0.05, 0) is 79.3 Å². The van der Waals surface area contributed by atoms with Crippen LogP contribution in [0.4, 0.5) is 0 Å². The van der Waals surface area contributed by atoms with Crippen LogP contribution in [0.15, 0.2) is 71.6 Å². The fraction of sp³-hybridized carbons (Fsp3) is 0.406. The molecular formula is C32H37NO6S. The Morgan fingerprint density at radius 2 is 1.73 bits per heavy atom. The van der Waals surface area contributed by atoms with E-state index in [-0.39, 0.29) is 23.5 Å². The predicted octanol–water partition coefficient (Wildman–Crippen LogP) is 5.92. The molecule has 0 saturated heterocycles. The van der Waals surface area contributed by atoms with E-state index >= 15 is 0 Å². The van der Waals surface area contributed by atoms with Crippen molar-refractivity contribution < 1.29 is 27.4 Å². The third-order valence-electron chi connectivity index (χ3n) is 7.97. The number of fused-ring (bicyclic) bond motifs is 2. The molecule has 1 aliphatic carbocycles. The van der Waals surface area contributed by atoms with Crippen molar-refractivity contribution in [1.29, 1.82) is 0 Å². The molecule has 1 spiro atoms. The molecule has 0 radical (unpaired) electrons. The van der Waals surface area contributed by atoms with E-state index in [2.05, 4.69) is 6.07 Å². The second kappa shape index (κ2) is 12.0. The minimum Gasteiger partial charge on any atom is -0.489 e. The van der Waals surface area contributed by atoms with Crippen LogP contribution in [0.2, 0.25) is 0 Å². The van der Waals surface area contributed by atoms with Gasteiger partial charge in [0.1, 0.15) is 18.1 Å². The van der Waals surface area contributed by atoms with Gasteiger partial charge in [-0.15, -0.1) is 0 Å². The zero-order valence-corrected chi connectivity index (χ0v) is 24.0. The lowest BCUT2D eigenvalue weighted by Gasteiger charge is -2.46. The molecule has 5 rings (SSSR count). The van der Waals surface area contributed by atoms with Gasteiger partial charge >= 0.3 is 5.97 Å². The summed E-state index contributed by atoms with van der Waals surface area (Å²) in [5, 5.41) is 0. The Balaban J connectivity index is 1.40. The number of sulfonamides is 1. The molecule has 0 amide bonds. The molecule has 0 atom stereocenters. The topological polar surface area (TPSA) is 82.1 Å². The lowest BCUT2D eigenvalue weighted by molar-refractivity contribution is -0.145. The van der Waals surface area contributed by atoms with Crippen molar-refractivity contribution >= 4 is 16.0 Å². The van der Waals surface area contributed by atoms with Crippen molar-refractivity contribution in [3.8, 4) is 11.5 Å². The second-order valence-electron chi connectivity index (χ2n) is 10.7. The zero-order valence-electron chi connectivity index (χ0n) is 23.2. The molecule has 0 N–H and O–H groups in total. The smallest absolute Gasteiger partial charge is 0.344 e. The molecule has 0 unspecified atom stereocenters. The van der Waals surface area contributed by atoms with Crippen LogP contribution in [0.25, 0.3) is 0 Å². The van der Waals surface area contributed by atoms with E-state index in [0.29, 0.717) is 31.0 Å². The van der Waals surface area contributed by atoms with Crippen LogP contribution >= 0.6 is 0 Å². The second-order valence-corrected chi connectivity index (χ2v) is 12.7. The van der Waals surface area contributed by atoms with E-state index < -0.39 is 16.0 Å². The van der Waals surface area contributed by atoms with E-state index in [0.717, 1.165) is 42.6 Å². The fourth-order valence-electron chi connectivity index (χ4n) is 5.98. The molecule has 2 aliphatic rings. The maximum absolute atomic E-state index is 14.0. The quantitative estimate of drug-likeness (QED) is 0.301. The Kier molecular flexibility index (Phi) is 8.47. The normalized spacial score (nSPS) is 16.8. The molecule has 1 heterocycles. The average Bonchev–Trinajstić information content (AvgIpc) is 2.96. The van der Waals surface area contributed by atoms with Gasteiger partial charge in [-0.1, -0.05) is 55.7 Å². The summed E-state index contributed by atoms with van der Waals surface area (Å²) in [5.41, 5.74) is 3.79. The lowest BCUT2D eigenvalue weighted by Crippen LogP contribution is -2.48. The summed E-state index contributed by atoms with van der Waals surface area (Å²) in [6.45, 7) is 4.79. The number of carbonyl (C=O) groups excluding carboxylic acids is 1. The van der Waals surface area contributed by atoms with Gasteiger partial charge in [0.2, 0.25) is 10.0 Å². The average molecular weight is 564 g/mol. The van der Waals surface area contributed by atoms with Crippen LogP contribution in [0.1, 0.15) is 61.3 Å². The minimum atomic E-state index is -3.78. The van der Waals surface area contributed by atoms with Crippen molar-refractivity contribution in [2.45, 2.75) is 69.4 Å². The summed E-state index contributed by atoms with van der Waals surface area (Å²) < 4.78 is 46.3. The first-order valence-corrected chi connectivity index (χ1v) is 15.4. The summed E-state index contributed by atoms with van der Waals surface area (Å²) >= 11 is 0. The SMILES string of the molecule is CCOC(=O)COc1ccc(S(=O)(=O)N2Cc3cc(OCc4ccccc4)ccc3C3(CCCCC3)C2)cc1C. The highest BCUT2D eigenvalue weighted by Gasteiger charge is 2.44. The van der Waals surface area contributed by atoms with Crippen molar-refractivity contribution in [2.24, 2.45) is 0 Å². The highest BCUT2D eigenvalue weighted by molar-refractivity contribution is 7.89. The molecule has 8 heteroatoms. The Hall–Kier alpha value is -3.36. The number of hydrogen-bond donors (Lipinski definition) is 0. The molecule has 7 nitrogen and oxygen atoms in total. The fourth-order valence-corrected chi connectivity index (χ4v) is 7.57. The van der Waals surface area contributed by atoms with Crippen LogP contribution in [-0.4, -0.2) is 38.5 Å². The highest BCUT2D eigenvalue weighted by Crippen LogP contribution is 2.46. The molecule has 0 aromatic heterocycles. The van der Waals surface area contributed by atoms with E-state index in [4.69, 9.17) is 14.2 Å². The van der Waals surface area contributed by atoms with Gasteiger partial charge in [0.05, 0.1) is 11.5 Å². The van der Waals surface area contributed by atoms with Crippen LogP contribution in [0.5, 0.6) is 11.5 Å². The summed E-state index contributed by atoms with van der Waals surface area (Å²) in [6.07, 6.45) is 5.29. The third kappa shape index (κ3) is 6.03. The first kappa shape index (κ1) is 28.2. The van der Waals surface area contributed by atoms with Gasteiger partial charge in [-0.2, -0.15) is 4.31 Å².